The first-order valence-corrected chi connectivity index (χ1v) is 12.8. The smallest absolute Gasteiger partial charge is 0.416 e. The zero-order chi connectivity index (χ0) is 27.5. The summed E-state index contributed by atoms with van der Waals surface area (Å²) in [6, 6.07) is 9.22. The lowest BCUT2D eigenvalue weighted by Crippen LogP contribution is -2.51. The van der Waals surface area contributed by atoms with Crippen molar-refractivity contribution < 1.29 is 32.2 Å². The van der Waals surface area contributed by atoms with Crippen LogP contribution in [0.2, 0.25) is 0 Å². The Morgan fingerprint density at radius 1 is 0.972 bits per heavy atom. The molecule has 198 valence electrons. The summed E-state index contributed by atoms with van der Waals surface area (Å²) in [7, 11) is 0. The summed E-state index contributed by atoms with van der Waals surface area (Å²) in [6.07, 6.45) is -6.26. The van der Waals surface area contributed by atoms with Crippen molar-refractivity contribution in [3.8, 4) is 0 Å². The molecule has 0 saturated carbocycles. The summed E-state index contributed by atoms with van der Waals surface area (Å²) in [5.41, 5.74) is -1.43. The van der Waals surface area contributed by atoms with Gasteiger partial charge in [-0.15, -0.1) is 0 Å². The van der Waals surface area contributed by atoms with Gasteiger partial charge in [-0.1, -0.05) is 64.8 Å². The van der Waals surface area contributed by atoms with E-state index in [-0.39, 0.29) is 6.42 Å². The molecule has 10 heteroatoms. The minimum atomic E-state index is -4.52. The summed E-state index contributed by atoms with van der Waals surface area (Å²) in [5, 5.41) is 2.58. The van der Waals surface area contributed by atoms with E-state index in [1.165, 1.54) is 6.07 Å². The predicted molar refractivity (Wildman–Crippen MR) is 138 cm³/mol. The molecule has 2 aromatic carbocycles. The molecule has 0 unspecified atom stereocenters. The lowest BCUT2D eigenvalue weighted by atomic mass is 9.86. The number of benzene rings is 2. The molecule has 0 aliphatic heterocycles. The maximum absolute atomic E-state index is 13.4. The third-order valence-corrected chi connectivity index (χ3v) is 6.29. The summed E-state index contributed by atoms with van der Waals surface area (Å²) in [4.78, 5) is 25.8. The highest BCUT2D eigenvalue weighted by Crippen LogP contribution is 2.35. The van der Waals surface area contributed by atoms with Gasteiger partial charge in [0.05, 0.1) is 5.56 Å². The maximum Gasteiger partial charge on any atom is 0.416 e. The molecule has 0 radical (unpaired) electrons. The van der Waals surface area contributed by atoms with Crippen molar-refractivity contribution in [2.75, 3.05) is 0 Å². The van der Waals surface area contributed by atoms with Crippen LogP contribution in [0.15, 0.2) is 51.4 Å². The largest absolute Gasteiger partial charge is 0.456 e. The molecule has 1 amide bonds. The SMILES string of the molecule is CC(C)(C)OC(=O)N[C@H](C(=O)O[C@@H](Cc1cc(C(F)(F)F)ccc1Br)c1cccc(Br)c1)C(C)(C)C. The first kappa shape index (κ1) is 30.2. The second-order valence-electron chi connectivity index (χ2n) is 10.4. The molecular weight excluding hydrogens is 607 g/mol. The van der Waals surface area contributed by atoms with Gasteiger partial charge in [0.15, 0.2) is 0 Å². The fraction of sp³-hybridized carbons (Fsp3) is 0.462. The maximum atomic E-state index is 13.4. The zero-order valence-corrected chi connectivity index (χ0v) is 24.1. The highest BCUT2D eigenvalue weighted by atomic mass is 79.9. The molecule has 0 heterocycles. The van der Waals surface area contributed by atoms with Crippen LogP contribution in [-0.2, 0) is 26.9 Å². The van der Waals surface area contributed by atoms with E-state index in [4.69, 9.17) is 9.47 Å². The molecule has 0 aliphatic rings. The van der Waals surface area contributed by atoms with Crippen LogP contribution in [-0.4, -0.2) is 23.7 Å². The van der Waals surface area contributed by atoms with Gasteiger partial charge in [-0.2, -0.15) is 13.2 Å². The van der Waals surface area contributed by atoms with Gasteiger partial charge in [0.25, 0.3) is 0 Å². The fourth-order valence-corrected chi connectivity index (χ4v) is 4.13. The first-order chi connectivity index (χ1) is 16.4. The summed E-state index contributed by atoms with van der Waals surface area (Å²) >= 11 is 6.69. The molecular formula is C26H30Br2F3NO4. The van der Waals surface area contributed by atoms with Crippen molar-refractivity contribution in [2.24, 2.45) is 5.41 Å². The molecule has 2 rings (SSSR count). The van der Waals surface area contributed by atoms with E-state index in [0.717, 1.165) is 12.1 Å². The van der Waals surface area contributed by atoms with Gasteiger partial charge < -0.3 is 14.8 Å². The summed E-state index contributed by atoms with van der Waals surface area (Å²) in [6.45, 7) is 10.4. The van der Waals surface area contributed by atoms with E-state index in [9.17, 15) is 22.8 Å². The molecule has 5 nitrogen and oxygen atoms in total. The number of carbonyl (C=O) groups is 2. The van der Waals surface area contributed by atoms with Crippen LogP contribution in [0.5, 0.6) is 0 Å². The molecule has 0 fully saturated rings. The second kappa shape index (κ2) is 11.5. The highest BCUT2D eigenvalue weighted by Gasteiger charge is 2.37. The predicted octanol–water partition coefficient (Wildman–Crippen LogP) is 8.00. The van der Waals surface area contributed by atoms with Gasteiger partial charge in [-0.05, 0) is 67.6 Å². The molecule has 0 aromatic heterocycles. The van der Waals surface area contributed by atoms with Crippen LogP contribution in [0.3, 0.4) is 0 Å². The topological polar surface area (TPSA) is 64.6 Å². The second-order valence-corrected chi connectivity index (χ2v) is 12.2. The number of halogens is 5. The molecule has 0 aliphatic carbocycles. The van der Waals surface area contributed by atoms with Gasteiger partial charge in [-0.3, -0.25) is 0 Å². The Morgan fingerprint density at radius 2 is 1.61 bits per heavy atom. The zero-order valence-electron chi connectivity index (χ0n) is 20.9. The molecule has 0 saturated heterocycles. The summed E-state index contributed by atoms with van der Waals surface area (Å²) in [5.74, 6) is -0.735. The van der Waals surface area contributed by atoms with Crippen LogP contribution < -0.4 is 5.32 Å². The van der Waals surface area contributed by atoms with Crippen molar-refractivity contribution in [3.05, 3.63) is 68.1 Å². The summed E-state index contributed by atoms with van der Waals surface area (Å²) < 4.78 is 52.3. The van der Waals surface area contributed by atoms with Crippen molar-refractivity contribution in [1.82, 2.24) is 5.32 Å². The van der Waals surface area contributed by atoms with Crippen LogP contribution >= 0.6 is 31.9 Å². The number of nitrogens with one attached hydrogen (secondary N) is 1. The Morgan fingerprint density at radius 3 is 2.14 bits per heavy atom. The first-order valence-electron chi connectivity index (χ1n) is 11.2. The Kier molecular flexibility index (Phi) is 9.67. The van der Waals surface area contributed by atoms with E-state index in [0.29, 0.717) is 20.1 Å². The van der Waals surface area contributed by atoms with Crippen molar-refractivity contribution in [3.63, 3.8) is 0 Å². The number of esters is 1. The minimum Gasteiger partial charge on any atom is -0.456 e. The fourth-order valence-electron chi connectivity index (χ4n) is 3.30. The number of amides is 1. The average molecular weight is 637 g/mol. The molecule has 36 heavy (non-hydrogen) atoms. The molecule has 0 spiro atoms. The van der Waals surface area contributed by atoms with E-state index < -0.39 is 47.0 Å². The van der Waals surface area contributed by atoms with E-state index in [1.54, 1.807) is 65.8 Å². The number of ether oxygens (including phenoxy) is 2. The Labute approximate surface area is 226 Å². The van der Waals surface area contributed by atoms with Crippen molar-refractivity contribution >= 4 is 43.9 Å². The van der Waals surface area contributed by atoms with Gasteiger partial charge in [0.1, 0.15) is 17.7 Å². The third-order valence-electron chi connectivity index (χ3n) is 5.02. The van der Waals surface area contributed by atoms with Crippen LogP contribution in [0, 0.1) is 5.41 Å². The quantitative estimate of drug-likeness (QED) is 0.326. The molecule has 2 atom stereocenters. The third kappa shape index (κ3) is 9.10. The number of rotatable bonds is 6. The number of hydrogen-bond acceptors (Lipinski definition) is 4. The normalized spacial score (nSPS) is 14.1. The van der Waals surface area contributed by atoms with Gasteiger partial charge >= 0.3 is 18.2 Å². The number of carbonyl (C=O) groups excluding carboxylic acids is 2. The van der Waals surface area contributed by atoms with Gasteiger partial charge in [0.2, 0.25) is 0 Å². The van der Waals surface area contributed by atoms with Crippen molar-refractivity contribution in [2.45, 2.75) is 71.9 Å². The number of hydrogen-bond donors (Lipinski definition) is 1. The Balaban J connectivity index is 2.41. The van der Waals surface area contributed by atoms with Gasteiger partial charge in [0, 0.05) is 15.4 Å². The molecule has 1 N–H and O–H groups in total. The number of alkyl halides is 3. The van der Waals surface area contributed by atoms with Crippen LogP contribution in [0.4, 0.5) is 18.0 Å². The van der Waals surface area contributed by atoms with Crippen molar-refractivity contribution in [1.29, 1.82) is 0 Å². The monoisotopic (exact) mass is 635 g/mol. The highest BCUT2D eigenvalue weighted by molar-refractivity contribution is 9.10. The number of alkyl carbamates (subject to hydrolysis) is 1. The van der Waals surface area contributed by atoms with Crippen LogP contribution in [0.1, 0.15) is 64.3 Å². The van der Waals surface area contributed by atoms with E-state index in [1.807, 2.05) is 0 Å². The molecule has 2 aromatic rings. The Bertz CT molecular complexity index is 1090. The minimum absolute atomic E-state index is 0.0317. The van der Waals surface area contributed by atoms with E-state index >= 15 is 0 Å². The Hall–Kier alpha value is -2.07. The average Bonchev–Trinajstić information content (AvgIpc) is 2.70. The molecule has 0 bridgehead atoms. The van der Waals surface area contributed by atoms with E-state index in [2.05, 4.69) is 37.2 Å². The lowest BCUT2D eigenvalue weighted by Gasteiger charge is -2.32. The lowest BCUT2D eigenvalue weighted by molar-refractivity contribution is -0.155. The van der Waals surface area contributed by atoms with Crippen LogP contribution in [0.25, 0.3) is 0 Å². The van der Waals surface area contributed by atoms with Gasteiger partial charge in [-0.25, -0.2) is 9.59 Å². The standard InChI is InChI=1S/C26H30Br2F3NO4/c1-24(2,3)21(32-23(34)36-25(4,5)6)22(33)35-20(15-8-7-9-18(27)13-15)14-16-12-17(26(29,30)31)10-11-19(16)28/h7-13,20-21H,14H2,1-6H3,(H,32,34)/t20-,21+/m0/s1.